The van der Waals surface area contributed by atoms with E-state index in [2.05, 4.69) is 4.74 Å². The molecule has 0 atom stereocenters. The van der Waals surface area contributed by atoms with Gasteiger partial charge in [-0.15, -0.1) is 0 Å². The van der Waals surface area contributed by atoms with Gasteiger partial charge in [-0.1, -0.05) is 0 Å². The highest BCUT2D eigenvalue weighted by molar-refractivity contribution is 5.79. The molecule has 10 heavy (non-hydrogen) atoms. The standard InChI is InChI=1S/C6H9NO3/c1-7-2-5(3-7)6(9)10-4-8/h4-5H,2-3H2,1H3. The lowest BCUT2D eigenvalue weighted by atomic mass is 10.0. The minimum atomic E-state index is -0.409. The zero-order valence-corrected chi connectivity index (χ0v) is 5.74. The van der Waals surface area contributed by atoms with Crippen molar-refractivity contribution in [2.45, 2.75) is 0 Å². The Labute approximate surface area is 58.8 Å². The molecule has 1 rings (SSSR count). The van der Waals surface area contributed by atoms with Crippen molar-refractivity contribution in [1.82, 2.24) is 4.90 Å². The second-order valence-corrected chi connectivity index (χ2v) is 2.45. The molecule has 0 aromatic rings. The normalized spacial score (nSPS) is 19.7. The molecule has 1 heterocycles. The molecule has 56 valence electrons. The van der Waals surface area contributed by atoms with Crippen LogP contribution in [-0.4, -0.2) is 37.5 Å². The molecule has 1 fully saturated rings. The molecule has 0 bridgehead atoms. The van der Waals surface area contributed by atoms with Crippen molar-refractivity contribution >= 4 is 12.4 Å². The highest BCUT2D eigenvalue weighted by atomic mass is 16.6. The number of carbonyl (C=O) groups is 2. The Bertz CT molecular complexity index is 151. The van der Waals surface area contributed by atoms with Gasteiger partial charge in [0.05, 0.1) is 5.92 Å². The number of hydrogen-bond acceptors (Lipinski definition) is 4. The third-order valence-corrected chi connectivity index (χ3v) is 1.56. The first-order valence-corrected chi connectivity index (χ1v) is 3.06. The van der Waals surface area contributed by atoms with Crippen LogP contribution in [0.3, 0.4) is 0 Å². The van der Waals surface area contributed by atoms with E-state index in [-0.39, 0.29) is 12.4 Å². The Morgan fingerprint density at radius 1 is 1.70 bits per heavy atom. The van der Waals surface area contributed by atoms with Gasteiger partial charge in [0, 0.05) is 13.1 Å². The topological polar surface area (TPSA) is 46.6 Å². The Hall–Kier alpha value is -0.900. The van der Waals surface area contributed by atoms with Crippen LogP contribution in [0.15, 0.2) is 0 Å². The van der Waals surface area contributed by atoms with Gasteiger partial charge in [-0.2, -0.15) is 0 Å². The van der Waals surface area contributed by atoms with Crippen LogP contribution in [0.5, 0.6) is 0 Å². The Balaban J connectivity index is 2.24. The van der Waals surface area contributed by atoms with Gasteiger partial charge < -0.3 is 9.64 Å². The summed E-state index contributed by atoms with van der Waals surface area (Å²) >= 11 is 0. The van der Waals surface area contributed by atoms with Crippen molar-refractivity contribution in [2.75, 3.05) is 20.1 Å². The molecule has 1 aliphatic heterocycles. The number of hydrogen-bond donors (Lipinski definition) is 0. The van der Waals surface area contributed by atoms with Gasteiger partial charge >= 0.3 is 12.4 Å². The summed E-state index contributed by atoms with van der Waals surface area (Å²) in [4.78, 5) is 22.4. The maximum Gasteiger partial charge on any atom is 0.319 e. The van der Waals surface area contributed by atoms with Gasteiger partial charge in [-0.3, -0.25) is 9.59 Å². The van der Waals surface area contributed by atoms with Crippen LogP contribution in [0.2, 0.25) is 0 Å². The first-order chi connectivity index (χ1) is 4.74. The van der Waals surface area contributed by atoms with Crippen molar-refractivity contribution in [3.05, 3.63) is 0 Å². The lowest BCUT2D eigenvalue weighted by molar-refractivity contribution is -0.158. The minimum absolute atomic E-state index is 0.0878. The third kappa shape index (κ3) is 1.33. The molecule has 0 radical (unpaired) electrons. The van der Waals surface area contributed by atoms with Crippen LogP contribution in [0.4, 0.5) is 0 Å². The van der Waals surface area contributed by atoms with Crippen molar-refractivity contribution < 1.29 is 14.3 Å². The highest BCUT2D eigenvalue weighted by Gasteiger charge is 2.31. The highest BCUT2D eigenvalue weighted by Crippen LogP contribution is 2.13. The third-order valence-electron chi connectivity index (χ3n) is 1.56. The first-order valence-electron chi connectivity index (χ1n) is 3.06. The van der Waals surface area contributed by atoms with Crippen molar-refractivity contribution in [3.63, 3.8) is 0 Å². The molecule has 0 aromatic heterocycles. The summed E-state index contributed by atoms with van der Waals surface area (Å²) < 4.78 is 4.15. The molecule has 0 aromatic carbocycles. The van der Waals surface area contributed by atoms with E-state index in [1.807, 2.05) is 11.9 Å². The summed E-state index contributed by atoms with van der Waals surface area (Å²) in [6.45, 7) is 1.58. The number of nitrogens with zero attached hydrogens (tertiary/aromatic N) is 1. The van der Waals surface area contributed by atoms with Crippen LogP contribution in [0.25, 0.3) is 0 Å². The number of carbonyl (C=O) groups excluding carboxylic acids is 2. The second kappa shape index (κ2) is 2.79. The molecule has 0 unspecified atom stereocenters. The van der Waals surface area contributed by atoms with E-state index in [1.54, 1.807) is 0 Å². The maximum absolute atomic E-state index is 10.7. The monoisotopic (exact) mass is 143 g/mol. The van der Waals surface area contributed by atoms with Gasteiger partial charge in [0.25, 0.3) is 0 Å². The number of ether oxygens (including phenoxy) is 1. The molecular formula is C6H9NO3. The van der Waals surface area contributed by atoms with E-state index in [1.165, 1.54) is 0 Å². The van der Waals surface area contributed by atoms with Crippen molar-refractivity contribution in [2.24, 2.45) is 5.92 Å². The largest absolute Gasteiger partial charge is 0.395 e. The smallest absolute Gasteiger partial charge is 0.319 e. The summed E-state index contributed by atoms with van der Waals surface area (Å²) in [6.07, 6.45) is 0. The van der Waals surface area contributed by atoms with Crippen LogP contribution >= 0.6 is 0 Å². The molecular weight excluding hydrogens is 134 g/mol. The van der Waals surface area contributed by atoms with Gasteiger partial charge in [-0.05, 0) is 7.05 Å². The van der Waals surface area contributed by atoms with Gasteiger partial charge in [0.1, 0.15) is 0 Å². The summed E-state index contributed by atoms with van der Waals surface area (Å²) in [5, 5.41) is 0. The lowest BCUT2D eigenvalue weighted by Gasteiger charge is -2.33. The van der Waals surface area contributed by atoms with Crippen LogP contribution in [0.1, 0.15) is 0 Å². The van der Waals surface area contributed by atoms with Crippen LogP contribution < -0.4 is 0 Å². The molecule has 1 aliphatic rings. The van der Waals surface area contributed by atoms with E-state index in [9.17, 15) is 9.59 Å². The Kier molecular flexibility index (Phi) is 2.01. The number of esters is 1. The lowest BCUT2D eigenvalue weighted by Crippen LogP contribution is -2.48. The van der Waals surface area contributed by atoms with E-state index >= 15 is 0 Å². The number of rotatable bonds is 2. The molecule has 0 saturated carbocycles. The van der Waals surface area contributed by atoms with Gasteiger partial charge in [-0.25, -0.2) is 0 Å². The fourth-order valence-corrected chi connectivity index (χ4v) is 0.992. The predicted molar refractivity (Wildman–Crippen MR) is 33.1 cm³/mol. The van der Waals surface area contributed by atoms with Gasteiger partial charge in [0.2, 0.25) is 0 Å². The fraction of sp³-hybridized carbons (Fsp3) is 0.667. The summed E-state index contributed by atoms with van der Waals surface area (Å²) in [5.74, 6) is -0.497. The average Bonchev–Trinajstić information content (AvgIpc) is 1.82. The maximum atomic E-state index is 10.7. The first kappa shape index (κ1) is 7.21. The molecule has 1 saturated heterocycles. The molecule has 0 N–H and O–H groups in total. The summed E-state index contributed by atoms with van der Waals surface area (Å²) in [5.41, 5.74) is 0. The average molecular weight is 143 g/mol. The van der Waals surface area contributed by atoms with Gasteiger partial charge in [0.15, 0.2) is 0 Å². The Morgan fingerprint density at radius 2 is 2.30 bits per heavy atom. The van der Waals surface area contributed by atoms with Crippen LogP contribution in [0, 0.1) is 5.92 Å². The predicted octanol–water partition coefficient (Wildman–Crippen LogP) is -0.752. The number of likely N-dealkylation sites (tertiary alicyclic amines) is 1. The van der Waals surface area contributed by atoms with E-state index in [0.717, 1.165) is 0 Å². The van der Waals surface area contributed by atoms with E-state index in [0.29, 0.717) is 13.1 Å². The summed E-state index contributed by atoms with van der Waals surface area (Å²) in [6, 6.07) is 0. The SMILES string of the molecule is CN1CC(C(=O)OC=O)C1. The quantitative estimate of drug-likeness (QED) is 0.290. The molecule has 0 aliphatic carbocycles. The fourth-order valence-electron chi connectivity index (χ4n) is 0.992. The molecule has 4 heteroatoms. The zero-order chi connectivity index (χ0) is 7.56. The van der Waals surface area contributed by atoms with E-state index in [4.69, 9.17) is 0 Å². The summed E-state index contributed by atoms with van der Waals surface area (Å²) in [7, 11) is 1.91. The van der Waals surface area contributed by atoms with Crippen molar-refractivity contribution in [1.29, 1.82) is 0 Å². The minimum Gasteiger partial charge on any atom is -0.395 e. The molecule has 0 amide bonds. The van der Waals surface area contributed by atoms with Crippen LogP contribution in [-0.2, 0) is 14.3 Å². The molecule has 0 spiro atoms. The molecule has 4 nitrogen and oxygen atoms in total. The zero-order valence-electron chi connectivity index (χ0n) is 5.74. The van der Waals surface area contributed by atoms with E-state index < -0.39 is 5.97 Å². The Morgan fingerprint density at radius 3 is 2.70 bits per heavy atom. The van der Waals surface area contributed by atoms with Crippen molar-refractivity contribution in [3.8, 4) is 0 Å². The second-order valence-electron chi connectivity index (χ2n) is 2.45.